The molecule has 0 aliphatic rings. The predicted molar refractivity (Wildman–Crippen MR) is 101 cm³/mol. The van der Waals surface area contributed by atoms with E-state index in [-0.39, 0.29) is 0 Å². The van der Waals surface area contributed by atoms with Crippen LogP contribution in [0.4, 0.5) is 0 Å². The van der Waals surface area contributed by atoms with E-state index in [1.54, 1.807) is 0 Å². The van der Waals surface area contributed by atoms with Crippen molar-refractivity contribution in [3.63, 3.8) is 0 Å². The molecule has 0 amide bonds. The minimum atomic E-state index is 0.574. The molecule has 0 aliphatic carbocycles. The second-order valence-electron chi connectivity index (χ2n) is 5.64. The molecule has 0 rings (SSSR count). The lowest BCUT2D eigenvalue weighted by Gasteiger charge is -2.15. The van der Waals surface area contributed by atoms with Gasteiger partial charge in [-0.3, -0.25) is 0 Å². The normalized spacial score (nSPS) is 14.8. The fourth-order valence-corrected chi connectivity index (χ4v) is 3.25. The Kier molecular flexibility index (Phi) is 16.6. The largest absolute Gasteiger partial charge is 0.0885 e. The van der Waals surface area contributed by atoms with E-state index in [0.717, 1.165) is 12.8 Å². The zero-order valence-electron chi connectivity index (χ0n) is 13.3. The van der Waals surface area contributed by atoms with Crippen LogP contribution >= 0.6 is 31.9 Å². The van der Waals surface area contributed by atoms with Crippen LogP contribution in [0.2, 0.25) is 0 Å². The molecular weight excluding hydrogens is 376 g/mol. The first-order valence-electron chi connectivity index (χ1n) is 8.44. The van der Waals surface area contributed by atoms with E-state index in [0.29, 0.717) is 9.65 Å². The fraction of sp³-hybridized carbons (Fsp3) is 0.833. The Hall–Kier alpha value is 0.700. The van der Waals surface area contributed by atoms with E-state index in [2.05, 4.69) is 57.9 Å². The summed E-state index contributed by atoms with van der Waals surface area (Å²) in [7, 11) is 0. The Bertz CT molecular complexity index is 213. The first-order chi connectivity index (χ1) is 9.72. The van der Waals surface area contributed by atoms with Crippen LogP contribution in [0.5, 0.6) is 0 Å². The highest BCUT2D eigenvalue weighted by Crippen LogP contribution is 2.24. The van der Waals surface area contributed by atoms with Crippen molar-refractivity contribution in [3.05, 3.63) is 19.1 Å². The second kappa shape index (κ2) is 16.1. The lowest BCUT2D eigenvalue weighted by molar-refractivity contribution is 0.585. The summed E-state index contributed by atoms with van der Waals surface area (Å²) in [6, 6.07) is 0. The van der Waals surface area contributed by atoms with Gasteiger partial charge in [0.1, 0.15) is 0 Å². The van der Waals surface area contributed by atoms with Crippen molar-refractivity contribution < 1.29 is 0 Å². The minimum absolute atomic E-state index is 0.574. The van der Waals surface area contributed by atoms with E-state index < -0.39 is 0 Å². The van der Waals surface area contributed by atoms with E-state index in [1.165, 1.54) is 64.2 Å². The average molecular weight is 409 g/mol. The van der Waals surface area contributed by atoms with Gasteiger partial charge >= 0.3 is 0 Å². The molecule has 0 aromatic heterocycles. The van der Waals surface area contributed by atoms with Gasteiger partial charge in [0.25, 0.3) is 0 Å². The molecule has 0 saturated carbocycles. The summed E-state index contributed by atoms with van der Waals surface area (Å²) < 4.78 is 0. The number of alkyl halides is 2. The van der Waals surface area contributed by atoms with Crippen LogP contribution in [0.25, 0.3) is 0 Å². The quantitative estimate of drug-likeness (QED) is 0.157. The first-order valence-corrected chi connectivity index (χ1v) is 10.3. The molecule has 0 bridgehead atoms. The predicted octanol–water partition coefficient (Wildman–Crippen LogP) is 7.60. The van der Waals surface area contributed by atoms with Crippen molar-refractivity contribution in [1.82, 2.24) is 0 Å². The van der Waals surface area contributed by atoms with E-state index >= 15 is 0 Å². The van der Waals surface area contributed by atoms with Crippen molar-refractivity contribution in [3.8, 4) is 0 Å². The highest BCUT2D eigenvalue weighted by molar-refractivity contribution is 9.12. The molecule has 0 fully saturated rings. The summed E-state index contributed by atoms with van der Waals surface area (Å²) in [5, 5.41) is 0. The van der Waals surface area contributed by atoms with Crippen molar-refractivity contribution in [2.75, 3.05) is 0 Å². The van der Waals surface area contributed by atoms with Gasteiger partial charge in [-0.1, -0.05) is 109 Å². The summed E-state index contributed by atoms with van der Waals surface area (Å²) in [6.45, 7) is 6.14. The fourth-order valence-electron chi connectivity index (χ4n) is 2.23. The number of hydrogen-bond acceptors (Lipinski definition) is 0. The van der Waals surface area contributed by atoms with Gasteiger partial charge in [0, 0.05) is 9.65 Å². The summed E-state index contributed by atoms with van der Waals surface area (Å²) in [6.07, 6.45) is 20.2. The molecular formula is C18H33Br2. The third-order valence-electron chi connectivity index (χ3n) is 3.62. The standard InChI is InChI=1S/C18H33Br2/c1-3-5-7-9-11-13-15-17(19)18(20)16-14-12-10-8-6-4-2/h12,14,17-18H,1,3-11,13,15-16H2,2H3/b14-12+. The Morgan fingerprint density at radius 2 is 1.55 bits per heavy atom. The third-order valence-corrected chi connectivity index (χ3v) is 6.44. The Morgan fingerprint density at radius 3 is 2.25 bits per heavy atom. The van der Waals surface area contributed by atoms with Gasteiger partial charge in [-0.15, -0.1) is 0 Å². The highest BCUT2D eigenvalue weighted by Gasteiger charge is 2.13. The summed E-state index contributed by atoms with van der Waals surface area (Å²) in [4.78, 5) is 1.18. The molecule has 0 spiro atoms. The van der Waals surface area contributed by atoms with Crippen LogP contribution in [-0.2, 0) is 0 Å². The molecule has 1 radical (unpaired) electrons. The molecule has 0 aliphatic heterocycles. The van der Waals surface area contributed by atoms with Gasteiger partial charge in [-0.2, -0.15) is 0 Å². The topological polar surface area (TPSA) is 0 Å². The van der Waals surface area contributed by atoms with Crippen LogP contribution in [0.1, 0.15) is 84.0 Å². The van der Waals surface area contributed by atoms with Crippen molar-refractivity contribution in [2.24, 2.45) is 0 Å². The van der Waals surface area contributed by atoms with Crippen LogP contribution in [0.3, 0.4) is 0 Å². The monoisotopic (exact) mass is 407 g/mol. The van der Waals surface area contributed by atoms with Crippen LogP contribution in [0.15, 0.2) is 12.2 Å². The average Bonchev–Trinajstić information content (AvgIpc) is 2.45. The zero-order chi connectivity index (χ0) is 15.1. The van der Waals surface area contributed by atoms with Crippen LogP contribution < -0.4 is 0 Å². The number of hydrogen-bond donors (Lipinski definition) is 0. The molecule has 0 N–H and O–H groups in total. The van der Waals surface area contributed by atoms with Crippen molar-refractivity contribution in [2.45, 2.75) is 93.6 Å². The van der Waals surface area contributed by atoms with E-state index in [9.17, 15) is 0 Å². The third kappa shape index (κ3) is 13.7. The van der Waals surface area contributed by atoms with E-state index in [4.69, 9.17) is 0 Å². The van der Waals surface area contributed by atoms with Gasteiger partial charge < -0.3 is 0 Å². The molecule has 2 unspecified atom stereocenters. The Morgan fingerprint density at radius 1 is 0.850 bits per heavy atom. The summed E-state index contributed by atoms with van der Waals surface area (Å²) >= 11 is 7.64. The lowest BCUT2D eigenvalue weighted by Crippen LogP contribution is -2.12. The van der Waals surface area contributed by atoms with Gasteiger partial charge in [0.2, 0.25) is 0 Å². The Balaban J connectivity index is 3.48. The van der Waals surface area contributed by atoms with Crippen LogP contribution in [-0.4, -0.2) is 9.65 Å². The second-order valence-corrected chi connectivity index (χ2v) is 8.00. The molecule has 2 heteroatoms. The molecule has 0 aromatic carbocycles. The van der Waals surface area contributed by atoms with Crippen LogP contribution in [0, 0.1) is 6.92 Å². The minimum Gasteiger partial charge on any atom is -0.0885 e. The molecule has 0 saturated heterocycles. The summed E-state index contributed by atoms with van der Waals surface area (Å²) in [5.41, 5.74) is 0. The molecule has 119 valence electrons. The number of allylic oxidation sites excluding steroid dienone is 2. The smallest absolute Gasteiger partial charge is 0.0305 e. The maximum Gasteiger partial charge on any atom is 0.0305 e. The van der Waals surface area contributed by atoms with Gasteiger partial charge in [-0.25, -0.2) is 0 Å². The van der Waals surface area contributed by atoms with Crippen molar-refractivity contribution in [1.29, 1.82) is 0 Å². The maximum atomic E-state index is 3.89. The van der Waals surface area contributed by atoms with Gasteiger partial charge in [0.05, 0.1) is 0 Å². The summed E-state index contributed by atoms with van der Waals surface area (Å²) in [5.74, 6) is 0. The molecule has 0 heterocycles. The highest BCUT2D eigenvalue weighted by atomic mass is 79.9. The number of halogens is 2. The first kappa shape index (κ1) is 20.7. The molecule has 2 atom stereocenters. The molecule has 0 nitrogen and oxygen atoms in total. The number of unbranched alkanes of at least 4 members (excludes halogenated alkanes) is 8. The molecule has 0 aromatic rings. The van der Waals surface area contributed by atoms with Gasteiger partial charge in [-0.05, 0) is 25.7 Å². The Labute approximate surface area is 144 Å². The zero-order valence-corrected chi connectivity index (χ0v) is 16.4. The van der Waals surface area contributed by atoms with E-state index in [1.807, 2.05) is 0 Å². The lowest BCUT2D eigenvalue weighted by atomic mass is 10.1. The SMILES string of the molecule is [CH2]CCCCCCCC(Br)C(Br)C/C=C/CCCCC. The van der Waals surface area contributed by atoms with Gasteiger partial charge in [0.15, 0.2) is 0 Å². The molecule has 20 heavy (non-hydrogen) atoms. The maximum absolute atomic E-state index is 3.89. The van der Waals surface area contributed by atoms with Crippen molar-refractivity contribution >= 4 is 31.9 Å². The number of rotatable bonds is 14.